The number of hydrogen-bond donors (Lipinski definition) is 2. The lowest BCUT2D eigenvalue weighted by molar-refractivity contribution is 0.244. The lowest BCUT2D eigenvalue weighted by atomic mass is 10.0. The Balaban J connectivity index is 1.78. The number of pyridine rings is 1. The third-order valence-corrected chi connectivity index (χ3v) is 5.52. The molecule has 3 aromatic rings. The van der Waals surface area contributed by atoms with Crippen LogP contribution in [0, 0.1) is 0 Å². The van der Waals surface area contributed by atoms with E-state index in [1.165, 1.54) is 0 Å². The van der Waals surface area contributed by atoms with Crippen molar-refractivity contribution < 1.29 is 9.84 Å². The summed E-state index contributed by atoms with van der Waals surface area (Å²) in [6.45, 7) is 0.788. The van der Waals surface area contributed by atoms with E-state index in [-0.39, 0.29) is 18.7 Å². The number of benzene rings is 1. The van der Waals surface area contributed by atoms with Gasteiger partial charge in [-0.25, -0.2) is 0 Å². The number of hydrogen-bond acceptors (Lipinski definition) is 4. The molecule has 1 aliphatic heterocycles. The fourth-order valence-electron chi connectivity index (χ4n) is 3.84. The molecule has 0 amide bonds. The van der Waals surface area contributed by atoms with Crippen LogP contribution < -0.4 is 10.1 Å². The third-order valence-electron chi connectivity index (χ3n) is 5.17. The van der Waals surface area contributed by atoms with Crippen molar-refractivity contribution >= 4 is 17.3 Å². The monoisotopic (exact) mass is 408 g/mol. The van der Waals surface area contributed by atoms with Gasteiger partial charge in [0.25, 0.3) is 0 Å². The van der Waals surface area contributed by atoms with Gasteiger partial charge in [0.2, 0.25) is 0 Å². The zero-order valence-corrected chi connectivity index (χ0v) is 17.0. The Morgan fingerprint density at radius 2 is 2.07 bits per heavy atom. The number of methoxy groups -OCH3 is 1. The molecule has 0 bridgehead atoms. The summed E-state index contributed by atoms with van der Waals surface area (Å²) < 4.78 is 7.56. The Morgan fingerprint density at radius 1 is 1.17 bits per heavy atom. The summed E-state index contributed by atoms with van der Waals surface area (Å²) >= 11 is 5.66. The van der Waals surface area contributed by atoms with Crippen LogP contribution in [-0.4, -0.2) is 44.9 Å². The van der Waals surface area contributed by atoms with Gasteiger partial charge in [0, 0.05) is 43.0 Å². The predicted octanol–water partition coefficient (Wildman–Crippen LogP) is 3.24. The second-order valence-electron chi connectivity index (χ2n) is 6.90. The molecule has 7 heteroatoms. The Morgan fingerprint density at radius 3 is 2.83 bits per heavy atom. The third kappa shape index (κ3) is 3.83. The lowest BCUT2D eigenvalue weighted by Gasteiger charge is -2.28. The second kappa shape index (κ2) is 8.63. The van der Waals surface area contributed by atoms with Crippen LogP contribution in [0.2, 0.25) is 0 Å². The highest BCUT2D eigenvalue weighted by molar-refractivity contribution is 7.80. The Kier molecular flexibility index (Phi) is 5.78. The molecule has 1 saturated heterocycles. The number of aliphatic hydroxyl groups is 1. The molecule has 0 radical (unpaired) electrons. The first-order valence-corrected chi connectivity index (χ1v) is 10.0. The van der Waals surface area contributed by atoms with E-state index in [4.69, 9.17) is 17.0 Å². The van der Waals surface area contributed by atoms with Crippen molar-refractivity contribution in [2.45, 2.75) is 18.5 Å². The molecule has 3 heterocycles. The van der Waals surface area contributed by atoms with Crippen LogP contribution in [0.1, 0.15) is 29.9 Å². The fourth-order valence-corrected chi connectivity index (χ4v) is 4.17. The number of ether oxygens (including phenoxy) is 1. The van der Waals surface area contributed by atoms with E-state index in [2.05, 4.69) is 31.9 Å². The van der Waals surface area contributed by atoms with Crippen molar-refractivity contribution in [1.29, 1.82) is 0 Å². The van der Waals surface area contributed by atoms with Gasteiger partial charge in [-0.1, -0.05) is 12.1 Å². The van der Waals surface area contributed by atoms with E-state index in [1.807, 2.05) is 48.7 Å². The molecular weight excluding hydrogens is 384 g/mol. The van der Waals surface area contributed by atoms with Gasteiger partial charge in [-0.05, 0) is 55.0 Å². The summed E-state index contributed by atoms with van der Waals surface area (Å²) in [6, 6.07) is 17.9. The van der Waals surface area contributed by atoms with E-state index < -0.39 is 0 Å². The summed E-state index contributed by atoms with van der Waals surface area (Å²) in [5.74, 6) is 0.806. The molecule has 0 spiro atoms. The maximum absolute atomic E-state index is 9.38. The van der Waals surface area contributed by atoms with Crippen LogP contribution in [0.4, 0.5) is 0 Å². The molecule has 29 heavy (non-hydrogen) atoms. The van der Waals surface area contributed by atoms with Crippen molar-refractivity contribution in [2.75, 3.05) is 20.3 Å². The fraction of sp³-hybridized carbons (Fsp3) is 0.273. The molecule has 2 aromatic heterocycles. The molecule has 150 valence electrons. The zero-order chi connectivity index (χ0) is 20.2. The molecule has 1 aromatic carbocycles. The molecule has 0 unspecified atom stereocenters. The number of thiocarbonyl (C=S) groups is 1. The van der Waals surface area contributed by atoms with Crippen LogP contribution in [0.3, 0.4) is 0 Å². The van der Waals surface area contributed by atoms with Gasteiger partial charge in [0.1, 0.15) is 5.75 Å². The van der Waals surface area contributed by atoms with Crippen molar-refractivity contribution in [2.24, 2.45) is 0 Å². The SMILES string of the molecule is COc1cccc(-n2cccc2[C@@H]2[C@H](c3ccccn3)NC(=S)N2CCCO)c1. The van der Waals surface area contributed by atoms with Gasteiger partial charge in [-0.2, -0.15) is 0 Å². The molecule has 0 saturated carbocycles. The maximum atomic E-state index is 9.38. The van der Waals surface area contributed by atoms with Crippen LogP contribution in [0.5, 0.6) is 5.75 Å². The van der Waals surface area contributed by atoms with Gasteiger partial charge < -0.3 is 24.6 Å². The number of rotatable bonds is 7. The zero-order valence-electron chi connectivity index (χ0n) is 16.2. The van der Waals surface area contributed by atoms with E-state index in [1.54, 1.807) is 13.3 Å². The summed E-state index contributed by atoms with van der Waals surface area (Å²) in [4.78, 5) is 6.72. The first-order chi connectivity index (χ1) is 14.2. The van der Waals surface area contributed by atoms with E-state index >= 15 is 0 Å². The molecule has 1 fully saturated rings. The molecule has 2 N–H and O–H groups in total. The standard InChI is InChI=1S/C22H24N4O2S/c1-28-17-8-4-7-16(15-17)25-12-5-10-19(25)21-20(18-9-2-3-11-23-18)24-22(29)26(21)13-6-14-27/h2-5,7-12,15,20-21,27H,6,13-14H2,1H3,(H,24,29)/t20-,21+/m0/s1. The molecule has 2 atom stereocenters. The Bertz CT molecular complexity index is 976. The second-order valence-corrected chi connectivity index (χ2v) is 7.29. The number of aliphatic hydroxyl groups excluding tert-OH is 1. The summed E-state index contributed by atoms with van der Waals surface area (Å²) in [5, 5.41) is 13.5. The minimum Gasteiger partial charge on any atom is -0.497 e. The number of aromatic nitrogens is 2. The molecule has 6 nitrogen and oxygen atoms in total. The minimum absolute atomic E-state index is 0.0508. The first-order valence-electron chi connectivity index (χ1n) is 9.63. The van der Waals surface area contributed by atoms with E-state index in [0.29, 0.717) is 18.1 Å². The van der Waals surface area contributed by atoms with E-state index in [0.717, 1.165) is 22.8 Å². The van der Waals surface area contributed by atoms with Gasteiger partial charge >= 0.3 is 0 Å². The van der Waals surface area contributed by atoms with Gasteiger partial charge in [0.15, 0.2) is 5.11 Å². The van der Waals surface area contributed by atoms with Crippen LogP contribution in [0.25, 0.3) is 5.69 Å². The van der Waals surface area contributed by atoms with Crippen LogP contribution in [-0.2, 0) is 0 Å². The van der Waals surface area contributed by atoms with Crippen molar-refractivity contribution in [3.8, 4) is 11.4 Å². The van der Waals surface area contributed by atoms with Gasteiger partial charge in [-0.3, -0.25) is 4.98 Å². The van der Waals surface area contributed by atoms with E-state index in [9.17, 15) is 5.11 Å². The van der Waals surface area contributed by atoms with Gasteiger partial charge in [-0.15, -0.1) is 0 Å². The number of nitrogens with one attached hydrogen (secondary N) is 1. The highest BCUT2D eigenvalue weighted by atomic mass is 32.1. The van der Waals surface area contributed by atoms with Crippen molar-refractivity contribution in [1.82, 2.24) is 19.8 Å². The summed E-state index contributed by atoms with van der Waals surface area (Å²) in [7, 11) is 1.67. The quantitative estimate of drug-likeness (QED) is 0.586. The summed E-state index contributed by atoms with van der Waals surface area (Å²) in [6.07, 6.45) is 4.49. The van der Waals surface area contributed by atoms with Crippen molar-refractivity contribution in [3.63, 3.8) is 0 Å². The largest absolute Gasteiger partial charge is 0.497 e. The van der Waals surface area contributed by atoms with Crippen LogP contribution >= 0.6 is 12.2 Å². The number of nitrogens with zero attached hydrogens (tertiary/aromatic N) is 3. The molecular formula is C22H24N4O2S. The normalized spacial score (nSPS) is 18.7. The van der Waals surface area contributed by atoms with Gasteiger partial charge in [0.05, 0.1) is 24.9 Å². The molecule has 4 rings (SSSR count). The smallest absolute Gasteiger partial charge is 0.170 e. The lowest BCUT2D eigenvalue weighted by Crippen LogP contribution is -2.31. The molecule has 1 aliphatic rings. The van der Waals surface area contributed by atoms with Crippen LogP contribution in [0.15, 0.2) is 67.0 Å². The Labute approximate surface area is 175 Å². The van der Waals surface area contributed by atoms with Crippen molar-refractivity contribution in [3.05, 3.63) is 78.4 Å². The average Bonchev–Trinajstić information content (AvgIpc) is 3.37. The topological polar surface area (TPSA) is 62.5 Å². The minimum atomic E-state index is -0.0818. The predicted molar refractivity (Wildman–Crippen MR) is 116 cm³/mol. The molecule has 0 aliphatic carbocycles. The highest BCUT2D eigenvalue weighted by Crippen LogP contribution is 2.39. The first kappa shape index (κ1) is 19.4. The Hall–Kier alpha value is -2.90. The highest BCUT2D eigenvalue weighted by Gasteiger charge is 2.40. The maximum Gasteiger partial charge on any atom is 0.170 e. The average molecular weight is 409 g/mol. The summed E-state index contributed by atoms with van der Waals surface area (Å²) in [5.41, 5.74) is 3.05.